The molecule has 0 aliphatic heterocycles. The van der Waals surface area contributed by atoms with E-state index in [1.807, 2.05) is 0 Å². The fourth-order valence-corrected chi connectivity index (χ4v) is 3.45. The van der Waals surface area contributed by atoms with Gasteiger partial charge in [-0.2, -0.15) is 0 Å². The summed E-state index contributed by atoms with van der Waals surface area (Å²) in [6.45, 7) is 0. The molecule has 8 N–H and O–H groups in total. The van der Waals surface area contributed by atoms with E-state index in [-0.39, 0.29) is 21.9 Å². The Hall–Kier alpha value is -4.15. The number of sulfonamides is 1. The van der Waals surface area contributed by atoms with E-state index in [0.29, 0.717) is 22.4 Å². The summed E-state index contributed by atoms with van der Waals surface area (Å²) in [7, 11) is -3.86. The SMILES string of the molecule is NC(=O)c1cc(/C=C/C(=O)Nc2ccc(O)cc2)cc(-c2ccc(S(N)(=O)=O)cc2)c1N. The number of nitrogens with one attached hydrogen (secondary N) is 1. The maximum absolute atomic E-state index is 12.2. The van der Waals surface area contributed by atoms with Crippen LogP contribution in [0.15, 0.2) is 71.6 Å². The Kier molecular flexibility index (Phi) is 6.28. The summed E-state index contributed by atoms with van der Waals surface area (Å²) >= 11 is 0. The molecule has 164 valence electrons. The second kappa shape index (κ2) is 8.92. The molecule has 3 aromatic rings. The highest BCUT2D eigenvalue weighted by atomic mass is 32.2. The van der Waals surface area contributed by atoms with E-state index >= 15 is 0 Å². The number of benzene rings is 3. The summed E-state index contributed by atoms with van der Waals surface area (Å²) in [5, 5.41) is 17.1. The Labute approximate surface area is 184 Å². The topological polar surface area (TPSA) is 179 Å². The molecule has 0 radical (unpaired) electrons. The van der Waals surface area contributed by atoms with Crippen LogP contribution in [0.25, 0.3) is 17.2 Å². The fourth-order valence-electron chi connectivity index (χ4n) is 2.94. The molecule has 0 fully saturated rings. The summed E-state index contributed by atoms with van der Waals surface area (Å²) in [4.78, 5) is 24.0. The molecule has 2 amide bonds. The van der Waals surface area contributed by atoms with Crippen LogP contribution in [-0.2, 0) is 14.8 Å². The maximum Gasteiger partial charge on any atom is 0.250 e. The first kappa shape index (κ1) is 22.5. The van der Waals surface area contributed by atoms with E-state index in [9.17, 15) is 23.1 Å². The van der Waals surface area contributed by atoms with Crippen molar-refractivity contribution in [3.63, 3.8) is 0 Å². The van der Waals surface area contributed by atoms with Gasteiger partial charge in [-0.1, -0.05) is 12.1 Å². The van der Waals surface area contributed by atoms with Gasteiger partial charge in [0.05, 0.1) is 16.1 Å². The van der Waals surface area contributed by atoms with Crippen molar-refractivity contribution in [2.24, 2.45) is 10.9 Å². The lowest BCUT2D eigenvalue weighted by atomic mass is 9.96. The number of carbonyl (C=O) groups excluding carboxylic acids is 2. The number of rotatable bonds is 6. The molecule has 3 aromatic carbocycles. The van der Waals surface area contributed by atoms with E-state index in [1.165, 1.54) is 54.6 Å². The van der Waals surface area contributed by atoms with E-state index in [0.717, 1.165) is 0 Å². The molecule has 0 saturated heterocycles. The fraction of sp³-hybridized carbons (Fsp3) is 0. The average molecular weight is 452 g/mol. The van der Waals surface area contributed by atoms with Gasteiger partial charge >= 0.3 is 0 Å². The Balaban J connectivity index is 1.94. The summed E-state index contributed by atoms with van der Waals surface area (Å²) in [5.74, 6) is -1.12. The molecule has 0 unspecified atom stereocenters. The van der Waals surface area contributed by atoms with Gasteiger partial charge in [0.15, 0.2) is 0 Å². The third-order valence-corrected chi connectivity index (χ3v) is 5.45. The molecule has 9 nitrogen and oxygen atoms in total. The number of nitrogens with two attached hydrogens (primary N) is 3. The number of amides is 2. The van der Waals surface area contributed by atoms with Crippen molar-refractivity contribution in [2.75, 3.05) is 11.1 Å². The third-order valence-electron chi connectivity index (χ3n) is 4.52. The van der Waals surface area contributed by atoms with Crippen LogP contribution in [0.5, 0.6) is 5.75 Å². The van der Waals surface area contributed by atoms with Gasteiger partial charge in [-0.15, -0.1) is 0 Å². The number of phenols is 1. The van der Waals surface area contributed by atoms with E-state index < -0.39 is 21.8 Å². The molecular weight excluding hydrogens is 432 g/mol. The number of hydrogen-bond acceptors (Lipinski definition) is 6. The van der Waals surface area contributed by atoms with Crippen molar-refractivity contribution in [2.45, 2.75) is 4.90 Å². The van der Waals surface area contributed by atoms with Crippen molar-refractivity contribution in [1.82, 2.24) is 0 Å². The second-order valence-corrected chi connectivity index (χ2v) is 8.39. The van der Waals surface area contributed by atoms with Gasteiger partial charge in [0.2, 0.25) is 15.9 Å². The molecule has 0 aliphatic carbocycles. The standard InChI is InChI=1S/C22H20N4O5S/c23-21-18(14-2-8-17(9-3-14)32(25,30)31)11-13(12-19(21)22(24)29)1-10-20(28)26-15-4-6-16(27)7-5-15/h1-12,27H,23H2,(H2,24,29)(H,26,28)(H2,25,30,31)/b10-1+. The van der Waals surface area contributed by atoms with Crippen LogP contribution in [0, 0.1) is 0 Å². The lowest BCUT2D eigenvalue weighted by Crippen LogP contribution is -2.14. The first-order chi connectivity index (χ1) is 15.0. The van der Waals surface area contributed by atoms with E-state index in [4.69, 9.17) is 16.6 Å². The smallest absolute Gasteiger partial charge is 0.250 e. The number of phenolic OH excluding ortho intramolecular Hbond substituents is 1. The highest BCUT2D eigenvalue weighted by Gasteiger charge is 2.15. The quantitative estimate of drug-likeness (QED) is 0.217. The van der Waals surface area contributed by atoms with Crippen LogP contribution in [0.3, 0.4) is 0 Å². The summed E-state index contributed by atoms with van der Waals surface area (Å²) in [6.07, 6.45) is 2.74. The first-order valence-corrected chi connectivity index (χ1v) is 10.7. The minimum Gasteiger partial charge on any atom is -0.508 e. The number of carbonyl (C=O) groups is 2. The molecule has 10 heteroatoms. The van der Waals surface area contributed by atoms with E-state index in [1.54, 1.807) is 18.2 Å². The third kappa shape index (κ3) is 5.31. The van der Waals surface area contributed by atoms with Crippen LogP contribution >= 0.6 is 0 Å². The zero-order chi connectivity index (χ0) is 23.5. The predicted molar refractivity (Wildman–Crippen MR) is 122 cm³/mol. The normalized spacial score (nSPS) is 11.4. The molecular formula is C22H20N4O5S. The van der Waals surface area contributed by atoms with Gasteiger partial charge in [-0.05, 0) is 65.7 Å². The van der Waals surface area contributed by atoms with Crippen LogP contribution < -0.4 is 21.9 Å². The number of nitrogen functional groups attached to an aromatic ring is 1. The zero-order valence-electron chi connectivity index (χ0n) is 16.6. The molecule has 0 saturated carbocycles. The van der Waals surface area contributed by atoms with Crippen LogP contribution in [0.2, 0.25) is 0 Å². The molecule has 0 bridgehead atoms. The number of hydrogen-bond donors (Lipinski definition) is 5. The highest BCUT2D eigenvalue weighted by molar-refractivity contribution is 7.89. The molecule has 0 spiro atoms. The van der Waals surface area contributed by atoms with Gasteiger partial charge in [0, 0.05) is 17.3 Å². The molecule has 0 aromatic heterocycles. The molecule has 0 atom stereocenters. The van der Waals surface area contributed by atoms with Gasteiger partial charge in [0.1, 0.15) is 5.75 Å². The minimum absolute atomic E-state index is 0.0524. The summed E-state index contributed by atoms with van der Waals surface area (Å²) in [6, 6.07) is 14.7. The average Bonchev–Trinajstić information content (AvgIpc) is 2.74. The second-order valence-electron chi connectivity index (χ2n) is 6.83. The monoisotopic (exact) mass is 452 g/mol. The van der Waals surface area contributed by atoms with Crippen molar-refractivity contribution < 1.29 is 23.1 Å². The van der Waals surface area contributed by atoms with Crippen LogP contribution in [0.1, 0.15) is 15.9 Å². The number of primary sulfonamides is 1. The van der Waals surface area contributed by atoms with Crippen molar-refractivity contribution in [1.29, 1.82) is 0 Å². The predicted octanol–water partition coefficient (Wildman–Crippen LogP) is 2.04. The Bertz CT molecular complexity index is 1320. The van der Waals surface area contributed by atoms with Crippen LogP contribution in [-0.4, -0.2) is 25.3 Å². The first-order valence-electron chi connectivity index (χ1n) is 9.19. The van der Waals surface area contributed by atoms with Crippen molar-refractivity contribution >= 4 is 39.3 Å². The Morgan fingerprint density at radius 1 is 0.969 bits per heavy atom. The molecule has 3 rings (SSSR count). The maximum atomic E-state index is 12.2. The van der Waals surface area contributed by atoms with Gasteiger partial charge in [-0.3, -0.25) is 9.59 Å². The lowest BCUT2D eigenvalue weighted by molar-refractivity contribution is -0.111. The van der Waals surface area contributed by atoms with Crippen LogP contribution in [0.4, 0.5) is 11.4 Å². The summed E-state index contributed by atoms with van der Waals surface area (Å²) < 4.78 is 22.9. The zero-order valence-corrected chi connectivity index (χ0v) is 17.5. The summed E-state index contributed by atoms with van der Waals surface area (Å²) in [5.41, 5.74) is 13.6. The Morgan fingerprint density at radius 3 is 2.16 bits per heavy atom. The van der Waals surface area contributed by atoms with Gasteiger partial charge < -0.3 is 21.9 Å². The largest absolute Gasteiger partial charge is 0.508 e. The molecule has 0 heterocycles. The number of anilines is 2. The minimum atomic E-state index is -3.86. The Morgan fingerprint density at radius 2 is 1.59 bits per heavy atom. The van der Waals surface area contributed by atoms with Crippen molar-refractivity contribution in [3.8, 4) is 16.9 Å². The van der Waals surface area contributed by atoms with Crippen molar-refractivity contribution in [3.05, 3.63) is 77.9 Å². The number of primary amides is 1. The number of aromatic hydroxyl groups is 1. The molecule has 0 aliphatic rings. The van der Waals surface area contributed by atoms with E-state index in [2.05, 4.69) is 5.32 Å². The molecule has 32 heavy (non-hydrogen) atoms. The highest BCUT2D eigenvalue weighted by Crippen LogP contribution is 2.31. The van der Waals surface area contributed by atoms with Gasteiger partial charge in [-0.25, -0.2) is 13.6 Å². The lowest BCUT2D eigenvalue weighted by Gasteiger charge is -2.12. The van der Waals surface area contributed by atoms with Gasteiger partial charge in [0.25, 0.3) is 5.91 Å².